The Kier molecular flexibility index (Phi) is 4.27. The Balaban J connectivity index is 1.73. The molecule has 0 bridgehead atoms. The highest BCUT2D eigenvalue weighted by atomic mass is 16.3. The molecule has 1 aromatic heterocycles. The van der Waals surface area contributed by atoms with Crippen LogP contribution < -0.4 is 5.32 Å². The molecule has 0 atom stereocenters. The zero-order chi connectivity index (χ0) is 18.0. The van der Waals surface area contributed by atoms with Crippen LogP contribution in [0, 0.1) is 0 Å². The Morgan fingerprint density at radius 1 is 1.04 bits per heavy atom. The second-order valence-corrected chi connectivity index (χ2v) is 6.85. The molecule has 3 aromatic rings. The Labute approximate surface area is 146 Å². The van der Waals surface area contributed by atoms with Gasteiger partial charge in [0, 0.05) is 16.7 Å². The Morgan fingerprint density at radius 3 is 2.24 bits per heavy atom. The largest absolute Gasteiger partial charge is 0.508 e. The molecular weight excluding hydrogens is 316 g/mol. The number of carbonyl (C=O) groups excluding carboxylic acids is 1. The number of carbonyl (C=O) groups is 1. The van der Waals surface area contributed by atoms with E-state index in [0.717, 1.165) is 11.4 Å². The fraction of sp³-hybridized carbons (Fsp3) is 0.211. The first kappa shape index (κ1) is 16.7. The lowest BCUT2D eigenvalue weighted by Gasteiger charge is -2.12. The molecule has 0 saturated heterocycles. The highest BCUT2D eigenvalue weighted by molar-refractivity contribution is 6.04. The van der Waals surface area contributed by atoms with Crippen LogP contribution in [-0.2, 0) is 5.41 Å². The van der Waals surface area contributed by atoms with Gasteiger partial charge in [0.1, 0.15) is 5.75 Å². The highest BCUT2D eigenvalue weighted by Crippen LogP contribution is 2.21. The first-order chi connectivity index (χ1) is 11.8. The van der Waals surface area contributed by atoms with E-state index < -0.39 is 0 Å². The standard InChI is InChI=1S/C19H20N4O2/c1-19(2,3)17-12-23(22-21-17)15-8-6-14(7-9-15)20-18(25)13-4-10-16(24)11-5-13/h4-12,24H,1-3H3,(H,20,25). The molecule has 0 unspecified atom stereocenters. The molecule has 1 amide bonds. The molecule has 0 aliphatic rings. The summed E-state index contributed by atoms with van der Waals surface area (Å²) in [5, 5.41) is 20.5. The van der Waals surface area contributed by atoms with Crippen LogP contribution in [0.25, 0.3) is 5.69 Å². The summed E-state index contributed by atoms with van der Waals surface area (Å²) in [5.41, 5.74) is 2.88. The van der Waals surface area contributed by atoms with Crippen LogP contribution in [0.4, 0.5) is 5.69 Å². The van der Waals surface area contributed by atoms with E-state index in [1.807, 2.05) is 30.5 Å². The van der Waals surface area contributed by atoms with Gasteiger partial charge in [0.15, 0.2) is 0 Å². The molecule has 3 rings (SSSR count). The van der Waals surface area contributed by atoms with Gasteiger partial charge in [-0.05, 0) is 48.5 Å². The SMILES string of the molecule is CC(C)(C)c1cn(-c2ccc(NC(=O)c3ccc(O)cc3)cc2)nn1. The smallest absolute Gasteiger partial charge is 0.255 e. The Bertz CT molecular complexity index is 875. The third-order valence-corrected chi connectivity index (χ3v) is 3.78. The number of nitrogens with zero attached hydrogens (tertiary/aromatic N) is 3. The van der Waals surface area contributed by atoms with Crippen molar-refractivity contribution < 1.29 is 9.90 Å². The second-order valence-electron chi connectivity index (χ2n) is 6.85. The second kappa shape index (κ2) is 6.39. The van der Waals surface area contributed by atoms with Gasteiger partial charge in [0.2, 0.25) is 0 Å². The average molecular weight is 336 g/mol. The lowest BCUT2D eigenvalue weighted by Crippen LogP contribution is -2.11. The van der Waals surface area contributed by atoms with Crippen molar-refractivity contribution >= 4 is 11.6 Å². The number of amides is 1. The summed E-state index contributed by atoms with van der Waals surface area (Å²) in [6, 6.07) is 13.5. The molecule has 0 aliphatic heterocycles. The molecule has 1 heterocycles. The zero-order valence-electron chi connectivity index (χ0n) is 14.4. The van der Waals surface area contributed by atoms with E-state index in [0.29, 0.717) is 11.3 Å². The summed E-state index contributed by atoms with van der Waals surface area (Å²) >= 11 is 0. The van der Waals surface area contributed by atoms with Gasteiger partial charge in [-0.2, -0.15) is 0 Å². The zero-order valence-corrected chi connectivity index (χ0v) is 14.4. The molecule has 2 N–H and O–H groups in total. The molecule has 0 fully saturated rings. The number of anilines is 1. The number of aromatic hydroxyl groups is 1. The lowest BCUT2D eigenvalue weighted by atomic mass is 9.93. The van der Waals surface area contributed by atoms with Gasteiger partial charge in [-0.25, -0.2) is 4.68 Å². The number of benzene rings is 2. The van der Waals surface area contributed by atoms with E-state index in [9.17, 15) is 9.90 Å². The molecular formula is C19H20N4O2. The Hall–Kier alpha value is -3.15. The normalized spacial score (nSPS) is 11.3. The molecule has 6 nitrogen and oxygen atoms in total. The number of nitrogens with one attached hydrogen (secondary N) is 1. The number of hydrogen-bond donors (Lipinski definition) is 2. The van der Waals surface area contributed by atoms with Gasteiger partial charge in [-0.15, -0.1) is 5.10 Å². The van der Waals surface area contributed by atoms with Crippen molar-refractivity contribution in [3.05, 3.63) is 66.0 Å². The Morgan fingerprint density at radius 2 is 1.68 bits per heavy atom. The molecule has 2 aromatic carbocycles. The number of phenolic OH excluding ortho intramolecular Hbond substituents is 1. The quantitative estimate of drug-likeness (QED) is 0.767. The third-order valence-electron chi connectivity index (χ3n) is 3.78. The van der Waals surface area contributed by atoms with Crippen molar-refractivity contribution in [1.82, 2.24) is 15.0 Å². The van der Waals surface area contributed by atoms with E-state index in [2.05, 4.69) is 36.4 Å². The summed E-state index contributed by atoms with van der Waals surface area (Å²) in [6.45, 7) is 6.26. The number of phenols is 1. The molecule has 0 spiro atoms. The third kappa shape index (κ3) is 3.85. The van der Waals surface area contributed by atoms with Crippen molar-refractivity contribution in [3.8, 4) is 11.4 Å². The van der Waals surface area contributed by atoms with E-state index >= 15 is 0 Å². The molecule has 25 heavy (non-hydrogen) atoms. The first-order valence-corrected chi connectivity index (χ1v) is 7.96. The van der Waals surface area contributed by atoms with Gasteiger partial charge in [0.25, 0.3) is 5.91 Å². The fourth-order valence-electron chi connectivity index (χ4n) is 2.25. The van der Waals surface area contributed by atoms with Gasteiger partial charge in [-0.3, -0.25) is 4.79 Å². The van der Waals surface area contributed by atoms with Crippen molar-refractivity contribution in [3.63, 3.8) is 0 Å². The summed E-state index contributed by atoms with van der Waals surface area (Å²) in [4.78, 5) is 12.2. The van der Waals surface area contributed by atoms with Crippen LogP contribution in [0.3, 0.4) is 0 Å². The minimum atomic E-state index is -0.233. The fourth-order valence-corrected chi connectivity index (χ4v) is 2.25. The molecule has 0 radical (unpaired) electrons. The van der Waals surface area contributed by atoms with Gasteiger partial charge >= 0.3 is 0 Å². The minimum Gasteiger partial charge on any atom is -0.508 e. The van der Waals surface area contributed by atoms with Crippen molar-refractivity contribution in [2.24, 2.45) is 0 Å². The summed E-state index contributed by atoms with van der Waals surface area (Å²) < 4.78 is 1.71. The maximum absolute atomic E-state index is 12.2. The van der Waals surface area contributed by atoms with Crippen LogP contribution in [0.1, 0.15) is 36.8 Å². The number of hydrogen-bond acceptors (Lipinski definition) is 4. The van der Waals surface area contributed by atoms with Crippen LogP contribution in [0.15, 0.2) is 54.7 Å². The molecule has 128 valence electrons. The van der Waals surface area contributed by atoms with Crippen LogP contribution in [0.5, 0.6) is 5.75 Å². The van der Waals surface area contributed by atoms with Crippen LogP contribution >= 0.6 is 0 Å². The van der Waals surface area contributed by atoms with Crippen molar-refractivity contribution in [2.75, 3.05) is 5.32 Å². The highest BCUT2D eigenvalue weighted by Gasteiger charge is 2.18. The van der Waals surface area contributed by atoms with Crippen molar-refractivity contribution in [1.29, 1.82) is 0 Å². The average Bonchev–Trinajstić information content (AvgIpc) is 3.06. The number of aromatic nitrogens is 3. The van der Waals surface area contributed by atoms with Crippen LogP contribution in [-0.4, -0.2) is 26.0 Å². The first-order valence-electron chi connectivity index (χ1n) is 7.96. The summed E-state index contributed by atoms with van der Waals surface area (Å²) in [6.07, 6.45) is 1.91. The predicted octanol–water partition coefficient (Wildman–Crippen LogP) is 3.52. The topological polar surface area (TPSA) is 80.0 Å². The molecule has 0 aliphatic carbocycles. The molecule has 0 saturated carbocycles. The summed E-state index contributed by atoms with van der Waals surface area (Å²) in [5.74, 6) is -0.105. The van der Waals surface area contributed by atoms with E-state index in [-0.39, 0.29) is 17.1 Å². The van der Waals surface area contributed by atoms with Gasteiger partial charge in [-0.1, -0.05) is 26.0 Å². The van der Waals surface area contributed by atoms with Crippen molar-refractivity contribution in [2.45, 2.75) is 26.2 Å². The number of rotatable bonds is 3. The maximum atomic E-state index is 12.2. The van der Waals surface area contributed by atoms with Gasteiger partial charge < -0.3 is 10.4 Å². The van der Waals surface area contributed by atoms with E-state index in [4.69, 9.17) is 0 Å². The van der Waals surface area contributed by atoms with Gasteiger partial charge in [0.05, 0.1) is 17.6 Å². The van der Waals surface area contributed by atoms with E-state index in [1.54, 1.807) is 16.8 Å². The maximum Gasteiger partial charge on any atom is 0.255 e. The van der Waals surface area contributed by atoms with E-state index in [1.165, 1.54) is 12.1 Å². The lowest BCUT2D eigenvalue weighted by molar-refractivity contribution is 0.102. The predicted molar refractivity (Wildman–Crippen MR) is 96.1 cm³/mol. The minimum absolute atomic E-state index is 0.0592. The monoisotopic (exact) mass is 336 g/mol. The summed E-state index contributed by atoms with van der Waals surface area (Å²) in [7, 11) is 0. The molecule has 6 heteroatoms. The van der Waals surface area contributed by atoms with Crippen LogP contribution in [0.2, 0.25) is 0 Å².